The van der Waals surface area contributed by atoms with E-state index in [0.717, 1.165) is 11.6 Å². The highest BCUT2D eigenvalue weighted by Gasteiger charge is 2.36. The Bertz CT molecular complexity index is 862. The van der Waals surface area contributed by atoms with E-state index in [0.29, 0.717) is 17.7 Å². The quantitative estimate of drug-likeness (QED) is 0.578. The van der Waals surface area contributed by atoms with Crippen molar-refractivity contribution in [2.24, 2.45) is 5.41 Å². The second kappa shape index (κ2) is 7.82. The summed E-state index contributed by atoms with van der Waals surface area (Å²) in [5.74, 6) is -5.73. The third-order valence-corrected chi connectivity index (χ3v) is 4.25. The summed E-state index contributed by atoms with van der Waals surface area (Å²) in [6, 6.07) is 8.75. The van der Waals surface area contributed by atoms with Gasteiger partial charge in [-0.1, -0.05) is 26.0 Å². The Kier molecular flexibility index (Phi) is 5.93. The Hall–Kier alpha value is -2.83. The summed E-state index contributed by atoms with van der Waals surface area (Å²) >= 11 is 0. The summed E-state index contributed by atoms with van der Waals surface area (Å²) < 4.78 is 40.0. The smallest absolute Gasteiger partial charge is 0.239 e. The van der Waals surface area contributed by atoms with Crippen LogP contribution in [0, 0.1) is 22.9 Å². The van der Waals surface area contributed by atoms with Crippen LogP contribution in [-0.2, 0) is 9.59 Å². The van der Waals surface area contributed by atoms with Crippen LogP contribution in [0.5, 0.6) is 0 Å². The monoisotopic (exact) mass is 378 g/mol. The molecular weight excluding hydrogens is 357 g/mol. The van der Waals surface area contributed by atoms with E-state index in [1.165, 1.54) is 13.8 Å². The van der Waals surface area contributed by atoms with E-state index in [4.69, 9.17) is 0 Å². The number of benzene rings is 2. The second-order valence-electron chi connectivity index (χ2n) is 7.03. The molecule has 0 fully saturated rings. The molecule has 7 heteroatoms. The van der Waals surface area contributed by atoms with Gasteiger partial charge in [0.2, 0.25) is 11.8 Å². The summed E-state index contributed by atoms with van der Waals surface area (Å²) in [4.78, 5) is 24.9. The molecule has 0 bridgehead atoms. The van der Waals surface area contributed by atoms with Crippen molar-refractivity contribution in [1.29, 1.82) is 0 Å². The lowest BCUT2D eigenvalue weighted by atomic mass is 9.90. The van der Waals surface area contributed by atoms with Crippen molar-refractivity contribution in [2.75, 3.05) is 10.6 Å². The molecule has 4 nitrogen and oxygen atoms in total. The number of halogens is 3. The fourth-order valence-corrected chi connectivity index (χ4v) is 2.24. The molecule has 0 saturated carbocycles. The molecule has 0 spiro atoms. The van der Waals surface area contributed by atoms with Crippen molar-refractivity contribution >= 4 is 23.2 Å². The first kappa shape index (κ1) is 20.5. The van der Waals surface area contributed by atoms with E-state index >= 15 is 0 Å². The van der Waals surface area contributed by atoms with Crippen LogP contribution in [-0.4, -0.2) is 11.8 Å². The molecule has 2 amide bonds. The summed E-state index contributed by atoms with van der Waals surface area (Å²) in [6.07, 6.45) is 0. The van der Waals surface area contributed by atoms with Crippen LogP contribution in [0.15, 0.2) is 36.4 Å². The van der Waals surface area contributed by atoms with Crippen molar-refractivity contribution in [2.45, 2.75) is 33.6 Å². The van der Waals surface area contributed by atoms with Crippen LogP contribution in [0.25, 0.3) is 0 Å². The standard InChI is InChI=1S/C20H21F3N2O2/c1-11(2)12-5-7-13(8-6-12)24-18(26)20(3,4)19(27)25-15-10-9-14(21)16(22)17(15)23/h5-11H,1-4H3,(H,24,26)(H,25,27). The van der Waals surface area contributed by atoms with Crippen molar-refractivity contribution in [3.63, 3.8) is 0 Å². The number of rotatable bonds is 5. The summed E-state index contributed by atoms with van der Waals surface area (Å²) in [6.45, 7) is 6.77. The Morgan fingerprint density at radius 3 is 1.96 bits per heavy atom. The Labute approximate surface area is 155 Å². The zero-order valence-corrected chi connectivity index (χ0v) is 15.5. The van der Waals surface area contributed by atoms with Crippen LogP contribution in [0.1, 0.15) is 39.2 Å². The zero-order chi connectivity index (χ0) is 20.4. The number of nitrogens with one attached hydrogen (secondary N) is 2. The van der Waals surface area contributed by atoms with Gasteiger partial charge in [-0.05, 0) is 49.6 Å². The molecular formula is C20H21F3N2O2. The third kappa shape index (κ3) is 4.48. The van der Waals surface area contributed by atoms with Crippen LogP contribution < -0.4 is 10.6 Å². The predicted octanol–water partition coefficient (Wildman–Crippen LogP) is 4.83. The first-order valence-electron chi connectivity index (χ1n) is 8.40. The molecule has 0 heterocycles. The molecule has 0 aromatic heterocycles. The molecule has 27 heavy (non-hydrogen) atoms. The van der Waals surface area contributed by atoms with E-state index in [1.807, 2.05) is 26.0 Å². The first-order chi connectivity index (χ1) is 12.5. The molecule has 0 radical (unpaired) electrons. The molecule has 0 atom stereocenters. The van der Waals surface area contributed by atoms with Gasteiger partial charge in [-0.15, -0.1) is 0 Å². The Balaban J connectivity index is 2.12. The normalized spacial score (nSPS) is 11.4. The number of anilines is 2. The van der Waals surface area contributed by atoms with Crippen LogP contribution >= 0.6 is 0 Å². The van der Waals surface area contributed by atoms with Crippen LogP contribution in [0.2, 0.25) is 0 Å². The van der Waals surface area contributed by atoms with Gasteiger partial charge in [0.05, 0.1) is 5.69 Å². The van der Waals surface area contributed by atoms with E-state index < -0.39 is 40.4 Å². The average Bonchev–Trinajstić information content (AvgIpc) is 2.62. The number of carbonyl (C=O) groups is 2. The van der Waals surface area contributed by atoms with Crippen LogP contribution in [0.4, 0.5) is 24.5 Å². The minimum absolute atomic E-state index is 0.336. The Morgan fingerprint density at radius 2 is 1.41 bits per heavy atom. The lowest BCUT2D eigenvalue weighted by Crippen LogP contribution is -2.41. The van der Waals surface area contributed by atoms with Crippen LogP contribution in [0.3, 0.4) is 0 Å². The lowest BCUT2D eigenvalue weighted by molar-refractivity contribution is -0.135. The molecule has 0 saturated heterocycles. The lowest BCUT2D eigenvalue weighted by Gasteiger charge is -2.23. The largest absolute Gasteiger partial charge is 0.325 e. The van der Waals surface area contributed by atoms with Gasteiger partial charge in [-0.2, -0.15) is 0 Å². The minimum Gasteiger partial charge on any atom is -0.325 e. The molecule has 2 aromatic carbocycles. The van der Waals surface area contributed by atoms with Crippen molar-refractivity contribution in [1.82, 2.24) is 0 Å². The summed E-state index contributed by atoms with van der Waals surface area (Å²) in [5.41, 5.74) is -0.530. The molecule has 144 valence electrons. The minimum atomic E-state index is -1.69. The highest BCUT2D eigenvalue weighted by Crippen LogP contribution is 2.25. The second-order valence-corrected chi connectivity index (χ2v) is 7.03. The fourth-order valence-electron chi connectivity index (χ4n) is 2.24. The van der Waals surface area contributed by atoms with E-state index in [1.54, 1.807) is 12.1 Å². The summed E-state index contributed by atoms with van der Waals surface area (Å²) in [5, 5.41) is 4.75. The first-order valence-corrected chi connectivity index (χ1v) is 8.40. The molecule has 0 unspecified atom stereocenters. The Morgan fingerprint density at radius 1 is 0.852 bits per heavy atom. The van der Waals surface area contributed by atoms with Crippen molar-refractivity contribution in [3.05, 3.63) is 59.4 Å². The van der Waals surface area contributed by atoms with Gasteiger partial charge < -0.3 is 10.6 Å². The molecule has 2 rings (SSSR count). The van der Waals surface area contributed by atoms with Gasteiger partial charge in [0.15, 0.2) is 17.5 Å². The van der Waals surface area contributed by atoms with Gasteiger partial charge in [0.25, 0.3) is 0 Å². The van der Waals surface area contributed by atoms with Crippen molar-refractivity contribution < 1.29 is 22.8 Å². The molecule has 2 aromatic rings. The maximum Gasteiger partial charge on any atom is 0.239 e. The molecule has 2 N–H and O–H groups in total. The SMILES string of the molecule is CC(C)c1ccc(NC(=O)C(C)(C)C(=O)Nc2ccc(F)c(F)c2F)cc1. The van der Waals surface area contributed by atoms with E-state index in [9.17, 15) is 22.8 Å². The number of carbonyl (C=O) groups excluding carboxylic acids is 2. The summed E-state index contributed by atoms with van der Waals surface area (Å²) in [7, 11) is 0. The topological polar surface area (TPSA) is 58.2 Å². The third-order valence-electron chi connectivity index (χ3n) is 4.25. The van der Waals surface area contributed by atoms with E-state index in [2.05, 4.69) is 10.6 Å². The molecule has 0 aliphatic carbocycles. The number of hydrogen-bond acceptors (Lipinski definition) is 2. The molecule has 0 aliphatic heterocycles. The van der Waals surface area contributed by atoms with Crippen molar-refractivity contribution in [3.8, 4) is 0 Å². The van der Waals surface area contributed by atoms with Gasteiger partial charge >= 0.3 is 0 Å². The van der Waals surface area contributed by atoms with Gasteiger partial charge in [-0.25, -0.2) is 13.2 Å². The fraction of sp³-hybridized carbons (Fsp3) is 0.300. The number of amides is 2. The number of hydrogen-bond donors (Lipinski definition) is 2. The molecule has 0 aliphatic rings. The maximum absolute atomic E-state index is 13.7. The van der Waals surface area contributed by atoms with Gasteiger partial charge in [-0.3, -0.25) is 9.59 Å². The van der Waals surface area contributed by atoms with E-state index in [-0.39, 0.29) is 0 Å². The highest BCUT2D eigenvalue weighted by atomic mass is 19.2. The highest BCUT2D eigenvalue weighted by molar-refractivity contribution is 6.14. The average molecular weight is 378 g/mol. The predicted molar refractivity (Wildman–Crippen MR) is 97.9 cm³/mol. The maximum atomic E-state index is 13.7. The van der Waals surface area contributed by atoms with Gasteiger partial charge in [0, 0.05) is 5.69 Å². The van der Waals surface area contributed by atoms with Gasteiger partial charge in [0.1, 0.15) is 5.41 Å². The zero-order valence-electron chi connectivity index (χ0n) is 15.5.